The van der Waals surface area contributed by atoms with Crippen LogP contribution in [0.1, 0.15) is 31.2 Å². The molecular weight excluding hydrogens is 264 g/mol. The highest BCUT2D eigenvalue weighted by atomic mass is 16.5. The van der Waals surface area contributed by atoms with Crippen molar-refractivity contribution < 1.29 is 9.47 Å². The van der Waals surface area contributed by atoms with Crippen molar-refractivity contribution in [2.75, 3.05) is 27.3 Å². The first-order valence-electron chi connectivity index (χ1n) is 7.98. The predicted octanol–water partition coefficient (Wildman–Crippen LogP) is 2.42. The minimum Gasteiger partial charge on any atom is -0.497 e. The standard InChI is InChI=1S/C17H26N2O2/c1-20-16-6-3-13(17(11-16)21-2)12-18-14-7-9-19(10-8-14)15-4-5-15/h3,6,11,14-15,18H,4-5,7-10,12H2,1-2H3. The van der Waals surface area contributed by atoms with Gasteiger partial charge in [-0.2, -0.15) is 0 Å². The molecule has 1 saturated carbocycles. The molecule has 1 aromatic carbocycles. The number of nitrogens with one attached hydrogen (secondary N) is 1. The van der Waals surface area contributed by atoms with Gasteiger partial charge in [-0.1, -0.05) is 6.07 Å². The van der Waals surface area contributed by atoms with E-state index in [1.807, 2.05) is 12.1 Å². The van der Waals surface area contributed by atoms with Crippen molar-refractivity contribution in [3.63, 3.8) is 0 Å². The van der Waals surface area contributed by atoms with Gasteiger partial charge in [0.05, 0.1) is 14.2 Å². The molecule has 1 aromatic rings. The van der Waals surface area contributed by atoms with E-state index in [0.29, 0.717) is 6.04 Å². The minimum atomic E-state index is 0.631. The van der Waals surface area contributed by atoms with Crippen LogP contribution < -0.4 is 14.8 Å². The Balaban J connectivity index is 1.50. The van der Waals surface area contributed by atoms with E-state index >= 15 is 0 Å². The molecule has 4 heteroatoms. The molecule has 1 aliphatic carbocycles. The fraction of sp³-hybridized carbons (Fsp3) is 0.647. The van der Waals surface area contributed by atoms with Gasteiger partial charge in [-0.05, 0) is 44.8 Å². The maximum Gasteiger partial charge on any atom is 0.127 e. The molecular formula is C17H26N2O2. The SMILES string of the molecule is COc1ccc(CNC2CCN(C3CC3)CC2)c(OC)c1. The Kier molecular flexibility index (Phi) is 4.66. The third-order valence-electron chi connectivity index (χ3n) is 4.67. The lowest BCUT2D eigenvalue weighted by molar-refractivity contribution is 0.189. The van der Waals surface area contributed by atoms with E-state index in [-0.39, 0.29) is 0 Å². The summed E-state index contributed by atoms with van der Waals surface area (Å²) >= 11 is 0. The van der Waals surface area contributed by atoms with Crippen LogP contribution in [0.5, 0.6) is 11.5 Å². The first-order chi connectivity index (χ1) is 10.3. The maximum absolute atomic E-state index is 5.46. The Morgan fingerprint density at radius 3 is 2.48 bits per heavy atom. The molecule has 0 radical (unpaired) electrons. The second-order valence-corrected chi connectivity index (χ2v) is 6.10. The highest BCUT2D eigenvalue weighted by molar-refractivity contribution is 5.40. The summed E-state index contributed by atoms with van der Waals surface area (Å²) in [6.07, 6.45) is 5.35. The van der Waals surface area contributed by atoms with Crippen LogP contribution in [-0.2, 0) is 6.54 Å². The summed E-state index contributed by atoms with van der Waals surface area (Å²) in [6.45, 7) is 3.37. The van der Waals surface area contributed by atoms with Gasteiger partial charge in [0.15, 0.2) is 0 Å². The smallest absolute Gasteiger partial charge is 0.127 e. The Bertz CT molecular complexity index is 466. The van der Waals surface area contributed by atoms with Crippen molar-refractivity contribution in [2.45, 2.75) is 44.3 Å². The molecule has 1 N–H and O–H groups in total. The van der Waals surface area contributed by atoms with E-state index in [2.05, 4.69) is 16.3 Å². The lowest BCUT2D eigenvalue weighted by Gasteiger charge is -2.32. The lowest BCUT2D eigenvalue weighted by Crippen LogP contribution is -2.43. The number of methoxy groups -OCH3 is 2. The fourth-order valence-electron chi connectivity index (χ4n) is 3.16. The van der Waals surface area contributed by atoms with Crippen molar-refractivity contribution in [1.82, 2.24) is 10.2 Å². The summed E-state index contributed by atoms with van der Waals surface area (Å²) in [5, 5.41) is 3.68. The van der Waals surface area contributed by atoms with Gasteiger partial charge in [0.1, 0.15) is 11.5 Å². The second kappa shape index (κ2) is 6.67. The van der Waals surface area contributed by atoms with Crippen LogP contribution >= 0.6 is 0 Å². The van der Waals surface area contributed by atoms with E-state index in [1.54, 1.807) is 14.2 Å². The van der Waals surface area contributed by atoms with Crippen LogP contribution in [0.4, 0.5) is 0 Å². The molecule has 0 spiro atoms. The molecule has 21 heavy (non-hydrogen) atoms. The number of nitrogens with zero attached hydrogens (tertiary/aromatic N) is 1. The van der Waals surface area contributed by atoms with Crippen LogP contribution in [0.15, 0.2) is 18.2 Å². The van der Waals surface area contributed by atoms with Gasteiger partial charge in [-0.3, -0.25) is 0 Å². The number of piperidine rings is 1. The molecule has 4 nitrogen and oxygen atoms in total. The predicted molar refractivity (Wildman–Crippen MR) is 84.0 cm³/mol. The molecule has 1 aliphatic heterocycles. The Labute approximate surface area is 127 Å². The topological polar surface area (TPSA) is 33.7 Å². The second-order valence-electron chi connectivity index (χ2n) is 6.10. The number of likely N-dealkylation sites (tertiary alicyclic amines) is 1. The first kappa shape index (κ1) is 14.7. The number of hydrogen-bond donors (Lipinski definition) is 1. The molecule has 116 valence electrons. The Morgan fingerprint density at radius 1 is 1.10 bits per heavy atom. The number of rotatable bonds is 6. The van der Waals surface area contributed by atoms with Crippen LogP contribution in [0.25, 0.3) is 0 Å². The summed E-state index contributed by atoms with van der Waals surface area (Å²) < 4.78 is 10.7. The summed E-state index contributed by atoms with van der Waals surface area (Å²) in [4.78, 5) is 2.66. The normalized spacial score (nSPS) is 20.5. The maximum atomic E-state index is 5.46. The molecule has 0 bridgehead atoms. The van der Waals surface area contributed by atoms with Gasteiger partial charge in [0.25, 0.3) is 0 Å². The van der Waals surface area contributed by atoms with E-state index in [1.165, 1.54) is 44.3 Å². The molecule has 0 amide bonds. The largest absolute Gasteiger partial charge is 0.497 e. The summed E-state index contributed by atoms with van der Waals surface area (Å²) in [7, 11) is 3.40. The van der Waals surface area contributed by atoms with Crippen molar-refractivity contribution in [2.24, 2.45) is 0 Å². The first-order valence-corrected chi connectivity index (χ1v) is 7.98. The highest BCUT2D eigenvalue weighted by Crippen LogP contribution is 2.29. The van der Waals surface area contributed by atoms with Crippen LogP contribution in [0.3, 0.4) is 0 Å². The molecule has 2 fully saturated rings. The van der Waals surface area contributed by atoms with Gasteiger partial charge < -0.3 is 19.7 Å². The zero-order valence-corrected chi connectivity index (χ0v) is 13.1. The zero-order valence-electron chi connectivity index (χ0n) is 13.1. The number of benzene rings is 1. The van der Waals surface area contributed by atoms with E-state index in [9.17, 15) is 0 Å². The van der Waals surface area contributed by atoms with Crippen LogP contribution in [0.2, 0.25) is 0 Å². The molecule has 1 saturated heterocycles. The summed E-state index contributed by atoms with van der Waals surface area (Å²) in [5.41, 5.74) is 1.20. The third kappa shape index (κ3) is 3.69. The van der Waals surface area contributed by atoms with Crippen LogP contribution in [0, 0.1) is 0 Å². The fourth-order valence-corrected chi connectivity index (χ4v) is 3.16. The highest BCUT2D eigenvalue weighted by Gasteiger charge is 2.31. The number of hydrogen-bond acceptors (Lipinski definition) is 4. The Morgan fingerprint density at radius 2 is 1.86 bits per heavy atom. The molecule has 3 rings (SSSR count). The monoisotopic (exact) mass is 290 g/mol. The van der Waals surface area contributed by atoms with Gasteiger partial charge >= 0.3 is 0 Å². The van der Waals surface area contributed by atoms with E-state index in [0.717, 1.165) is 24.1 Å². The summed E-state index contributed by atoms with van der Waals surface area (Å²) in [6, 6.07) is 7.57. The van der Waals surface area contributed by atoms with E-state index in [4.69, 9.17) is 9.47 Å². The number of ether oxygens (including phenoxy) is 2. The van der Waals surface area contributed by atoms with Crippen molar-refractivity contribution in [1.29, 1.82) is 0 Å². The van der Waals surface area contributed by atoms with Crippen LogP contribution in [-0.4, -0.2) is 44.3 Å². The van der Waals surface area contributed by atoms with Crippen molar-refractivity contribution >= 4 is 0 Å². The van der Waals surface area contributed by atoms with Gasteiger partial charge in [0, 0.05) is 30.3 Å². The average molecular weight is 290 g/mol. The third-order valence-corrected chi connectivity index (χ3v) is 4.67. The lowest BCUT2D eigenvalue weighted by atomic mass is 10.0. The average Bonchev–Trinajstić information content (AvgIpc) is 3.38. The van der Waals surface area contributed by atoms with Gasteiger partial charge in [0.2, 0.25) is 0 Å². The molecule has 2 aliphatic rings. The zero-order chi connectivity index (χ0) is 14.7. The van der Waals surface area contributed by atoms with Gasteiger partial charge in [-0.15, -0.1) is 0 Å². The Hall–Kier alpha value is -1.26. The molecule has 0 aromatic heterocycles. The quantitative estimate of drug-likeness (QED) is 0.872. The molecule has 1 heterocycles. The van der Waals surface area contributed by atoms with Gasteiger partial charge in [-0.25, -0.2) is 0 Å². The minimum absolute atomic E-state index is 0.631. The summed E-state index contributed by atoms with van der Waals surface area (Å²) in [5.74, 6) is 1.74. The van der Waals surface area contributed by atoms with E-state index < -0.39 is 0 Å². The van der Waals surface area contributed by atoms with Crippen molar-refractivity contribution in [3.8, 4) is 11.5 Å². The molecule has 0 unspecified atom stereocenters. The molecule has 0 atom stereocenters. The van der Waals surface area contributed by atoms with Crippen molar-refractivity contribution in [3.05, 3.63) is 23.8 Å².